The molecule has 160 valence electrons. The van der Waals surface area contributed by atoms with E-state index in [-0.39, 0.29) is 11.1 Å². The number of benzene rings is 2. The predicted octanol–water partition coefficient (Wildman–Crippen LogP) is 4.64. The first-order valence-corrected chi connectivity index (χ1v) is 10.9. The second-order valence-corrected chi connectivity index (χ2v) is 8.90. The Morgan fingerprint density at radius 2 is 1.90 bits per heavy atom. The molecule has 0 unspecified atom stereocenters. The Labute approximate surface area is 179 Å². The van der Waals surface area contributed by atoms with Gasteiger partial charge in [-0.3, -0.25) is 4.98 Å². The minimum absolute atomic E-state index is 0.0563. The number of nitrogens with zero attached hydrogens (tertiary/aromatic N) is 1. The Morgan fingerprint density at radius 3 is 2.63 bits per heavy atom. The summed E-state index contributed by atoms with van der Waals surface area (Å²) in [5.74, 6) is -0.325. The van der Waals surface area contributed by atoms with Crippen molar-refractivity contribution in [3.05, 3.63) is 59.2 Å². The van der Waals surface area contributed by atoms with E-state index < -0.39 is 33.1 Å². The molecule has 2 aromatic carbocycles. The van der Waals surface area contributed by atoms with Crippen molar-refractivity contribution in [3.63, 3.8) is 0 Å². The molecule has 3 aromatic rings. The van der Waals surface area contributed by atoms with Crippen LogP contribution in [-0.4, -0.2) is 32.4 Å². The summed E-state index contributed by atoms with van der Waals surface area (Å²) in [6.45, 7) is 1.48. The Hall–Kier alpha value is -2.37. The summed E-state index contributed by atoms with van der Waals surface area (Å²) in [5.41, 5.74) is 0.715. The van der Waals surface area contributed by atoms with Crippen molar-refractivity contribution in [2.75, 3.05) is 6.61 Å². The van der Waals surface area contributed by atoms with Gasteiger partial charge in [-0.2, -0.15) is 0 Å². The molecular weight excluding hydrogens is 489 g/mol. The number of hydrogen-bond donors (Lipinski definition) is 1. The van der Waals surface area contributed by atoms with E-state index >= 15 is 0 Å². The van der Waals surface area contributed by atoms with Gasteiger partial charge in [0.05, 0.1) is 11.6 Å². The van der Waals surface area contributed by atoms with Crippen LogP contribution in [-0.2, 0) is 10.0 Å². The van der Waals surface area contributed by atoms with E-state index in [1.165, 1.54) is 13.0 Å². The second kappa shape index (κ2) is 8.78. The van der Waals surface area contributed by atoms with E-state index in [2.05, 4.69) is 30.4 Å². The Balaban J connectivity index is 1.75. The van der Waals surface area contributed by atoms with Crippen LogP contribution in [0.3, 0.4) is 0 Å². The lowest BCUT2D eigenvalue weighted by Gasteiger charge is -2.18. The summed E-state index contributed by atoms with van der Waals surface area (Å²) in [6, 6.07) is 11.4. The molecule has 0 radical (unpaired) electrons. The lowest BCUT2D eigenvalue weighted by Crippen LogP contribution is -2.37. The zero-order chi connectivity index (χ0) is 21.9. The van der Waals surface area contributed by atoms with E-state index in [4.69, 9.17) is 4.74 Å². The maximum Gasteiger partial charge on any atom is 0.573 e. The van der Waals surface area contributed by atoms with Crippen LogP contribution in [0.25, 0.3) is 10.9 Å². The zero-order valence-electron chi connectivity index (χ0n) is 15.5. The van der Waals surface area contributed by atoms with Gasteiger partial charge in [-0.15, -0.1) is 13.2 Å². The van der Waals surface area contributed by atoms with E-state index in [0.29, 0.717) is 11.3 Å². The molecule has 6 nitrogen and oxygen atoms in total. The highest BCUT2D eigenvalue weighted by molar-refractivity contribution is 9.10. The first kappa shape index (κ1) is 22.3. The molecule has 0 bridgehead atoms. The highest BCUT2D eigenvalue weighted by Gasteiger charge is 2.34. The number of nitrogens with one attached hydrogen (secondary N) is 1. The molecule has 0 fully saturated rings. The molecule has 1 aromatic heterocycles. The Morgan fingerprint density at radius 1 is 1.13 bits per heavy atom. The molecule has 0 saturated carbocycles. The fourth-order valence-corrected chi connectivity index (χ4v) is 4.36. The van der Waals surface area contributed by atoms with Gasteiger partial charge in [0.1, 0.15) is 17.3 Å². The standard InChI is InChI=1S/C19H16BrF3N2O4S/c1-12(11-28-16-6-2-5-15-14(16)4-3-9-24-15)25-30(26,27)18-8-7-13(20)10-17(18)29-19(21,22)23/h2-10,12,25H,11H2,1H3/t12-/m0/s1. The van der Waals surface area contributed by atoms with Crippen molar-refractivity contribution in [1.29, 1.82) is 0 Å². The molecule has 1 atom stereocenters. The highest BCUT2D eigenvalue weighted by atomic mass is 79.9. The third-order valence-electron chi connectivity index (χ3n) is 3.87. The van der Waals surface area contributed by atoms with Gasteiger partial charge in [-0.1, -0.05) is 22.0 Å². The number of fused-ring (bicyclic) bond motifs is 1. The van der Waals surface area contributed by atoms with Gasteiger partial charge < -0.3 is 9.47 Å². The molecule has 0 aliphatic rings. The first-order chi connectivity index (χ1) is 14.0. The molecule has 0 spiro atoms. The van der Waals surface area contributed by atoms with Gasteiger partial charge in [-0.25, -0.2) is 13.1 Å². The first-order valence-electron chi connectivity index (χ1n) is 8.59. The molecule has 0 aliphatic carbocycles. The van der Waals surface area contributed by atoms with Crippen molar-refractivity contribution in [3.8, 4) is 11.5 Å². The number of aromatic nitrogens is 1. The summed E-state index contributed by atoms with van der Waals surface area (Å²) in [7, 11) is -4.31. The molecule has 3 rings (SSSR count). The maximum atomic E-state index is 12.7. The topological polar surface area (TPSA) is 77.5 Å². The quantitative estimate of drug-likeness (QED) is 0.507. The Kier molecular flexibility index (Phi) is 6.53. The molecule has 1 N–H and O–H groups in total. The fraction of sp³-hybridized carbons (Fsp3) is 0.211. The van der Waals surface area contributed by atoms with Crippen LogP contribution in [0.15, 0.2) is 64.1 Å². The van der Waals surface area contributed by atoms with E-state index in [0.717, 1.165) is 17.5 Å². The number of sulfonamides is 1. The van der Waals surface area contributed by atoms with Crippen LogP contribution >= 0.6 is 15.9 Å². The molecule has 1 heterocycles. The molecule has 0 aliphatic heterocycles. The van der Waals surface area contributed by atoms with E-state index in [9.17, 15) is 21.6 Å². The fourth-order valence-electron chi connectivity index (χ4n) is 2.69. The van der Waals surface area contributed by atoms with Gasteiger partial charge in [-0.05, 0) is 49.4 Å². The van der Waals surface area contributed by atoms with E-state index in [1.54, 1.807) is 24.4 Å². The number of hydrogen-bond acceptors (Lipinski definition) is 5. The zero-order valence-corrected chi connectivity index (χ0v) is 17.9. The van der Waals surface area contributed by atoms with Gasteiger partial charge >= 0.3 is 6.36 Å². The summed E-state index contributed by atoms with van der Waals surface area (Å²) >= 11 is 3.00. The van der Waals surface area contributed by atoms with Crippen LogP contribution in [0.5, 0.6) is 11.5 Å². The van der Waals surface area contributed by atoms with Crippen molar-refractivity contribution in [2.24, 2.45) is 0 Å². The highest BCUT2D eigenvalue weighted by Crippen LogP contribution is 2.32. The summed E-state index contributed by atoms with van der Waals surface area (Å²) in [5, 5.41) is 0.754. The number of ether oxygens (including phenoxy) is 2. The molecule has 11 heteroatoms. The normalized spacial score (nSPS) is 13.2. The number of alkyl halides is 3. The number of rotatable bonds is 7. The Bertz CT molecular complexity index is 1150. The van der Waals surface area contributed by atoms with Crippen molar-refractivity contribution in [2.45, 2.75) is 24.2 Å². The third-order valence-corrected chi connectivity index (χ3v) is 5.99. The summed E-state index contributed by atoms with van der Waals surface area (Å²) in [4.78, 5) is 3.58. The summed E-state index contributed by atoms with van der Waals surface area (Å²) < 4.78 is 75.4. The van der Waals surface area contributed by atoms with Crippen LogP contribution < -0.4 is 14.2 Å². The second-order valence-electron chi connectivity index (χ2n) is 6.30. The molecule has 30 heavy (non-hydrogen) atoms. The van der Waals surface area contributed by atoms with Crippen molar-refractivity contribution >= 4 is 36.9 Å². The predicted molar refractivity (Wildman–Crippen MR) is 108 cm³/mol. The molecule has 0 saturated heterocycles. The number of halogens is 4. The number of pyridine rings is 1. The van der Waals surface area contributed by atoms with Gasteiger partial charge in [0, 0.05) is 16.1 Å². The van der Waals surface area contributed by atoms with Crippen molar-refractivity contribution < 1.29 is 31.1 Å². The van der Waals surface area contributed by atoms with Gasteiger partial charge in [0.15, 0.2) is 5.75 Å². The van der Waals surface area contributed by atoms with Crippen molar-refractivity contribution in [1.82, 2.24) is 9.71 Å². The summed E-state index contributed by atoms with van der Waals surface area (Å²) in [6.07, 6.45) is -3.40. The lowest BCUT2D eigenvalue weighted by atomic mass is 10.2. The maximum absolute atomic E-state index is 12.7. The molecule has 0 amide bonds. The minimum Gasteiger partial charge on any atom is -0.491 e. The average Bonchev–Trinajstić information content (AvgIpc) is 2.64. The third kappa shape index (κ3) is 5.61. The SMILES string of the molecule is C[C@@H](COc1cccc2ncccc12)NS(=O)(=O)c1ccc(Br)cc1OC(F)(F)F. The lowest BCUT2D eigenvalue weighted by molar-refractivity contribution is -0.275. The van der Waals surface area contributed by atoms with E-state index in [1.807, 2.05) is 12.1 Å². The largest absolute Gasteiger partial charge is 0.573 e. The van der Waals surface area contributed by atoms with Crippen LogP contribution in [0, 0.1) is 0 Å². The minimum atomic E-state index is -5.04. The monoisotopic (exact) mass is 504 g/mol. The smallest absolute Gasteiger partial charge is 0.491 e. The van der Waals surface area contributed by atoms with Crippen LogP contribution in [0.2, 0.25) is 0 Å². The van der Waals surface area contributed by atoms with Crippen LogP contribution in [0.4, 0.5) is 13.2 Å². The van der Waals surface area contributed by atoms with Gasteiger partial charge in [0.2, 0.25) is 10.0 Å². The molecular formula is C19H16BrF3N2O4S. The van der Waals surface area contributed by atoms with Crippen LogP contribution in [0.1, 0.15) is 6.92 Å². The van der Waals surface area contributed by atoms with Gasteiger partial charge in [0.25, 0.3) is 0 Å². The average molecular weight is 505 g/mol.